The van der Waals surface area contributed by atoms with Crippen molar-refractivity contribution in [1.29, 1.82) is 0 Å². The van der Waals surface area contributed by atoms with Crippen LogP contribution in [0.1, 0.15) is 0 Å². The molecule has 0 aliphatic carbocycles. The maximum Gasteiger partial charge on any atom is 0.222 e. The Morgan fingerprint density at radius 2 is 1.15 bits per heavy atom. The summed E-state index contributed by atoms with van der Waals surface area (Å²) in [7, 11) is 0. The first-order chi connectivity index (χ1) is 16.7. The maximum absolute atomic E-state index is 4.89. The quantitative estimate of drug-likeness (QED) is 0.337. The van der Waals surface area contributed by atoms with Crippen molar-refractivity contribution in [3.8, 4) is 56.3 Å². The predicted molar refractivity (Wildman–Crippen MR) is 128 cm³/mol. The Balaban J connectivity index is 1.50. The van der Waals surface area contributed by atoms with Crippen molar-refractivity contribution in [3.05, 3.63) is 64.5 Å². The Morgan fingerprint density at radius 3 is 1.62 bits per heavy atom. The zero-order chi connectivity index (χ0) is 22.9. The number of nitrogens with zero attached hydrogens (tertiary/aromatic N) is 9. The third-order valence-corrected chi connectivity index (χ3v) is 6.53. The molecule has 0 aromatic carbocycles. The fraction of sp³-hybridized carbons (Fsp3) is 0. The molecular weight excluding hydrogens is 518 g/mol. The van der Waals surface area contributed by atoms with Gasteiger partial charge in [-0.3, -0.25) is 0 Å². The largest absolute Gasteiger partial charge is 0.244 e. The van der Waals surface area contributed by atoms with E-state index < -0.39 is 0 Å². The molecular formula is C21H12BrN11S. The first kappa shape index (κ1) is 20.4. The molecule has 0 bridgehead atoms. The van der Waals surface area contributed by atoms with Gasteiger partial charge < -0.3 is 0 Å². The fourth-order valence-corrected chi connectivity index (χ4v) is 4.72. The summed E-state index contributed by atoms with van der Waals surface area (Å²) in [5.41, 5.74) is 4.91. The summed E-state index contributed by atoms with van der Waals surface area (Å²) >= 11 is 5.19. The van der Waals surface area contributed by atoms with E-state index in [2.05, 4.69) is 63.2 Å². The second kappa shape index (κ2) is 8.61. The Hall–Kier alpha value is -4.23. The number of thiophene rings is 1. The minimum Gasteiger partial charge on any atom is -0.244 e. The smallest absolute Gasteiger partial charge is 0.222 e. The van der Waals surface area contributed by atoms with Gasteiger partial charge in [-0.15, -0.1) is 31.7 Å². The lowest BCUT2D eigenvalue weighted by atomic mass is 10.1. The monoisotopic (exact) mass is 529 g/mol. The molecule has 6 heterocycles. The lowest BCUT2D eigenvalue weighted by Crippen LogP contribution is -1.96. The van der Waals surface area contributed by atoms with Crippen LogP contribution >= 0.6 is 27.3 Å². The van der Waals surface area contributed by atoms with Crippen molar-refractivity contribution in [2.45, 2.75) is 0 Å². The van der Waals surface area contributed by atoms with Crippen molar-refractivity contribution in [3.63, 3.8) is 0 Å². The normalized spacial score (nSPS) is 11.1. The maximum atomic E-state index is 4.89. The van der Waals surface area contributed by atoms with Gasteiger partial charge in [-0.05, 0) is 80.5 Å². The van der Waals surface area contributed by atoms with Crippen LogP contribution in [0, 0.1) is 0 Å². The van der Waals surface area contributed by atoms with Crippen LogP contribution in [0.5, 0.6) is 0 Å². The second-order valence-electron chi connectivity index (χ2n) is 7.02. The molecule has 0 radical (unpaired) electrons. The van der Waals surface area contributed by atoms with Gasteiger partial charge in [-0.25, -0.2) is 15.0 Å². The second-order valence-corrected chi connectivity index (χ2v) is 9.48. The average Bonchev–Trinajstić information content (AvgIpc) is 3.67. The molecule has 0 spiro atoms. The molecule has 0 aliphatic rings. The molecule has 6 rings (SSSR count). The molecule has 0 aliphatic heterocycles. The number of rotatable bonds is 5. The predicted octanol–water partition coefficient (Wildman–Crippen LogP) is 4.06. The van der Waals surface area contributed by atoms with E-state index in [4.69, 9.17) is 15.0 Å². The van der Waals surface area contributed by atoms with Crippen LogP contribution in [0.4, 0.5) is 0 Å². The van der Waals surface area contributed by atoms with Gasteiger partial charge >= 0.3 is 0 Å². The van der Waals surface area contributed by atoms with Gasteiger partial charge in [-0.1, -0.05) is 12.1 Å². The number of halogens is 1. The van der Waals surface area contributed by atoms with Crippen molar-refractivity contribution in [2.24, 2.45) is 0 Å². The molecule has 0 fully saturated rings. The molecule has 11 nitrogen and oxygen atoms in total. The van der Waals surface area contributed by atoms with Crippen molar-refractivity contribution >= 4 is 27.3 Å². The molecule has 0 amide bonds. The number of nitrogens with one attached hydrogen (secondary N) is 2. The summed E-state index contributed by atoms with van der Waals surface area (Å²) in [6, 6.07) is 19.3. The van der Waals surface area contributed by atoms with Crippen LogP contribution in [-0.2, 0) is 0 Å². The van der Waals surface area contributed by atoms with Crippen molar-refractivity contribution in [1.82, 2.24) is 56.2 Å². The highest BCUT2D eigenvalue weighted by Gasteiger charge is 2.15. The number of pyridine rings is 3. The topological polar surface area (TPSA) is 148 Å². The molecule has 6 aromatic heterocycles. The van der Waals surface area contributed by atoms with Gasteiger partial charge in [0.1, 0.15) is 11.4 Å². The highest BCUT2D eigenvalue weighted by Crippen LogP contribution is 2.35. The number of H-pyrrole nitrogens is 2. The number of aromatic nitrogens is 11. The van der Waals surface area contributed by atoms with E-state index in [-0.39, 0.29) is 0 Å². The molecule has 0 unspecified atom stereocenters. The molecule has 0 atom stereocenters. The van der Waals surface area contributed by atoms with Crippen LogP contribution in [0.3, 0.4) is 0 Å². The standard InChI is InChI=1S/C21H12BrN11S/c22-19-8-7-18(34-19)11-9-16(12-3-1-5-14(23-12)20-26-30-31-27-20)25-17(10-11)13-4-2-6-15(24-13)21-28-32-33-29-21/h1-10H,(H,26,27,30,31)(H,28,29,32,33). The molecule has 0 saturated heterocycles. The Kier molecular flexibility index (Phi) is 5.16. The van der Waals surface area contributed by atoms with Crippen LogP contribution in [0.15, 0.2) is 64.5 Å². The van der Waals surface area contributed by atoms with E-state index in [0.29, 0.717) is 45.8 Å². The SMILES string of the molecule is Brc1ccc(-c2cc(-c3cccc(-c4nn[nH]n4)n3)nc(-c3cccc(-c4nn[nH]n4)n3)c2)s1. The number of hydrogen-bond donors (Lipinski definition) is 2. The van der Waals surface area contributed by atoms with Gasteiger partial charge in [0, 0.05) is 4.88 Å². The molecule has 6 aromatic rings. The highest BCUT2D eigenvalue weighted by molar-refractivity contribution is 9.11. The van der Waals surface area contributed by atoms with Gasteiger partial charge in [0.25, 0.3) is 0 Å². The van der Waals surface area contributed by atoms with E-state index in [1.54, 1.807) is 11.3 Å². The number of tetrazole rings is 2. The summed E-state index contributed by atoms with van der Waals surface area (Å²) < 4.78 is 1.04. The van der Waals surface area contributed by atoms with E-state index in [1.807, 2.05) is 54.6 Å². The molecule has 164 valence electrons. The van der Waals surface area contributed by atoms with Gasteiger partial charge in [0.2, 0.25) is 11.6 Å². The van der Waals surface area contributed by atoms with Crippen LogP contribution in [0.2, 0.25) is 0 Å². The lowest BCUT2D eigenvalue weighted by molar-refractivity contribution is 0.881. The zero-order valence-electron chi connectivity index (χ0n) is 17.1. The summed E-state index contributed by atoms with van der Waals surface area (Å²) in [6.07, 6.45) is 0. The summed E-state index contributed by atoms with van der Waals surface area (Å²) in [6.45, 7) is 0. The van der Waals surface area contributed by atoms with Crippen LogP contribution in [-0.4, -0.2) is 56.2 Å². The summed E-state index contributed by atoms with van der Waals surface area (Å²) in [5.74, 6) is 0.824. The third-order valence-electron chi connectivity index (χ3n) is 4.85. The van der Waals surface area contributed by atoms with Gasteiger partial charge in [0.05, 0.1) is 26.6 Å². The Morgan fingerprint density at radius 1 is 0.618 bits per heavy atom. The molecule has 2 N–H and O–H groups in total. The molecule has 34 heavy (non-hydrogen) atoms. The summed E-state index contributed by atoms with van der Waals surface area (Å²) in [5, 5.41) is 28.2. The van der Waals surface area contributed by atoms with E-state index in [0.717, 1.165) is 14.2 Å². The summed E-state index contributed by atoms with van der Waals surface area (Å²) in [4.78, 5) is 15.4. The third kappa shape index (κ3) is 3.97. The van der Waals surface area contributed by atoms with Crippen molar-refractivity contribution < 1.29 is 0 Å². The van der Waals surface area contributed by atoms with E-state index >= 15 is 0 Å². The van der Waals surface area contributed by atoms with E-state index in [9.17, 15) is 0 Å². The first-order valence-electron chi connectivity index (χ1n) is 9.93. The Bertz CT molecular complexity index is 1480. The number of hydrogen-bond acceptors (Lipinski definition) is 10. The molecule has 0 saturated carbocycles. The lowest BCUT2D eigenvalue weighted by Gasteiger charge is -2.09. The van der Waals surface area contributed by atoms with Gasteiger partial charge in [-0.2, -0.15) is 10.4 Å². The fourth-order valence-electron chi connectivity index (χ4n) is 3.35. The Labute approximate surface area is 203 Å². The van der Waals surface area contributed by atoms with E-state index in [1.165, 1.54) is 0 Å². The minimum atomic E-state index is 0.412. The minimum absolute atomic E-state index is 0.412. The average molecular weight is 530 g/mol. The number of aromatic amines is 2. The van der Waals surface area contributed by atoms with Crippen LogP contribution < -0.4 is 0 Å². The highest BCUT2D eigenvalue weighted by atomic mass is 79.9. The van der Waals surface area contributed by atoms with Crippen molar-refractivity contribution in [2.75, 3.05) is 0 Å². The molecule has 13 heteroatoms. The van der Waals surface area contributed by atoms with Gasteiger partial charge in [0.15, 0.2) is 0 Å². The van der Waals surface area contributed by atoms with Crippen LogP contribution in [0.25, 0.3) is 56.3 Å². The first-order valence-corrected chi connectivity index (χ1v) is 11.5. The zero-order valence-corrected chi connectivity index (χ0v) is 19.5.